The van der Waals surface area contributed by atoms with Crippen LogP contribution in [0.15, 0.2) is 77.1 Å². The van der Waals surface area contributed by atoms with Crippen molar-refractivity contribution in [1.82, 2.24) is 0 Å². The quantitative estimate of drug-likeness (QED) is 0.0954. The second kappa shape index (κ2) is 14.0. The molecule has 0 heterocycles. The van der Waals surface area contributed by atoms with E-state index in [2.05, 4.69) is 33.1 Å². The van der Waals surface area contributed by atoms with E-state index in [1.165, 1.54) is 32.4 Å². The number of carbonyl (C=O) groups is 3. The monoisotopic (exact) mass is 630 g/mol. The first-order chi connectivity index (χ1) is 21.4. The number of hydrogen-bond donors (Lipinski definition) is 1. The summed E-state index contributed by atoms with van der Waals surface area (Å²) in [4.78, 5) is 45.3. The average Bonchev–Trinajstić information content (AvgIpc) is 2.97. The second-order valence-electron chi connectivity index (χ2n) is 14.6. The van der Waals surface area contributed by atoms with Crippen molar-refractivity contribution in [2.24, 2.45) is 28.1 Å². The Morgan fingerprint density at radius 2 is 1.65 bits per heavy atom. The van der Waals surface area contributed by atoms with Crippen molar-refractivity contribution in [2.75, 3.05) is 14.2 Å². The van der Waals surface area contributed by atoms with Gasteiger partial charge in [-0.05, 0) is 116 Å². The van der Waals surface area contributed by atoms with Gasteiger partial charge in [0, 0.05) is 5.56 Å². The number of hydrogen-bond acceptors (Lipinski definition) is 6. The number of Topliss-reactive ketones (excluding diaryl/α,β-unsaturated/α-hetero) is 3. The molecular formula is C40H54O6. The highest BCUT2D eigenvalue weighted by Crippen LogP contribution is 2.67. The molecule has 1 N–H and O–H groups in total. The van der Waals surface area contributed by atoms with Gasteiger partial charge in [-0.1, -0.05) is 54.9 Å². The Labute approximate surface area is 276 Å². The van der Waals surface area contributed by atoms with Gasteiger partial charge in [0.05, 0.1) is 19.6 Å². The summed E-state index contributed by atoms with van der Waals surface area (Å²) in [5.41, 5.74) is 0.571. The first kappa shape index (κ1) is 36.8. The molecule has 1 saturated carbocycles. The Bertz CT molecular complexity index is 1510. The van der Waals surface area contributed by atoms with Crippen LogP contribution in [0.4, 0.5) is 0 Å². The molecular weight excluding hydrogens is 576 g/mol. The van der Waals surface area contributed by atoms with E-state index in [-0.39, 0.29) is 52.4 Å². The summed E-state index contributed by atoms with van der Waals surface area (Å²) in [6.45, 7) is 24.4. The molecule has 0 spiro atoms. The molecule has 0 radical (unpaired) electrons. The molecule has 2 aliphatic carbocycles. The van der Waals surface area contributed by atoms with Crippen LogP contribution in [0.2, 0.25) is 0 Å². The van der Waals surface area contributed by atoms with Gasteiger partial charge in [-0.25, -0.2) is 0 Å². The molecule has 250 valence electrons. The third-order valence-electron chi connectivity index (χ3n) is 10.5. The maximum Gasteiger partial charge on any atom is 0.200 e. The molecule has 0 saturated heterocycles. The van der Waals surface area contributed by atoms with E-state index in [1.807, 2.05) is 47.6 Å². The molecule has 0 aromatic heterocycles. The van der Waals surface area contributed by atoms with Crippen molar-refractivity contribution in [2.45, 2.75) is 93.9 Å². The van der Waals surface area contributed by atoms with Crippen LogP contribution in [-0.2, 0) is 14.3 Å². The number of ketones is 3. The largest absolute Gasteiger partial charge is 0.504 e. The van der Waals surface area contributed by atoms with Gasteiger partial charge in [0.2, 0.25) is 0 Å². The van der Waals surface area contributed by atoms with Gasteiger partial charge in [-0.15, -0.1) is 6.58 Å². The Balaban J connectivity index is 2.49. The molecule has 1 fully saturated rings. The van der Waals surface area contributed by atoms with Crippen molar-refractivity contribution in [1.29, 1.82) is 0 Å². The zero-order valence-electron chi connectivity index (χ0n) is 29.7. The number of phenolic OH excluding ortho intramolecular Hbond substituents is 1. The summed E-state index contributed by atoms with van der Waals surface area (Å²) in [5, 5.41) is 10.6. The van der Waals surface area contributed by atoms with E-state index in [0.29, 0.717) is 19.3 Å². The van der Waals surface area contributed by atoms with E-state index in [4.69, 9.17) is 9.47 Å². The summed E-state index contributed by atoms with van der Waals surface area (Å²) in [5.74, 6) is -1.27. The third kappa shape index (κ3) is 6.45. The van der Waals surface area contributed by atoms with E-state index < -0.39 is 27.8 Å². The number of benzene rings is 1. The van der Waals surface area contributed by atoms with Gasteiger partial charge < -0.3 is 14.6 Å². The van der Waals surface area contributed by atoms with E-state index in [1.54, 1.807) is 0 Å². The van der Waals surface area contributed by atoms with Crippen molar-refractivity contribution in [3.05, 3.63) is 82.7 Å². The van der Waals surface area contributed by atoms with Crippen LogP contribution in [-0.4, -0.2) is 36.7 Å². The van der Waals surface area contributed by atoms with Crippen molar-refractivity contribution < 1.29 is 29.0 Å². The minimum Gasteiger partial charge on any atom is -0.504 e. The Kier molecular flexibility index (Phi) is 11.2. The Morgan fingerprint density at radius 1 is 1.02 bits per heavy atom. The van der Waals surface area contributed by atoms with E-state index in [9.17, 15) is 9.90 Å². The van der Waals surface area contributed by atoms with Gasteiger partial charge >= 0.3 is 0 Å². The van der Waals surface area contributed by atoms with Crippen LogP contribution in [0.25, 0.3) is 0 Å². The number of ether oxygens (including phenoxy) is 2. The molecule has 46 heavy (non-hydrogen) atoms. The fourth-order valence-electron chi connectivity index (χ4n) is 7.64. The number of phenols is 1. The molecule has 1 aromatic rings. The zero-order valence-corrected chi connectivity index (χ0v) is 29.7. The van der Waals surface area contributed by atoms with Gasteiger partial charge in [0.15, 0.2) is 28.8 Å². The second-order valence-corrected chi connectivity index (χ2v) is 14.6. The highest BCUT2D eigenvalue weighted by molar-refractivity contribution is 6.35. The molecule has 2 aliphatic rings. The first-order valence-electron chi connectivity index (χ1n) is 16.3. The Hall–Kier alpha value is -3.67. The smallest absolute Gasteiger partial charge is 0.200 e. The Morgan fingerprint density at radius 3 is 2.15 bits per heavy atom. The highest BCUT2D eigenvalue weighted by atomic mass is 16.5. The van der Waals surface area contributed by atoms with Crippen LogP contribution in [0.3, 0.4) is 0 Å². The summed E-state index contributed by atoms with van der Waals surface area (Å²) in [6.07, 6.45) is 7.31. The zero-order chi connectivity index (χ0) is 34.8. The number of allylic oxidation sites excluding steroid dienone is 8. The predicted molar refractivity (Wildman–Crippen MR) is 185 cm³/mol. The highest BCUT2D eigenvalue weighted by Gasteiger charge is 2.72. The van der Waals surface area contributed by atoms with Crippen molar-refractivity contribution >= 4 is 17.3 Å². The SMILES string of the molecule is C=C(C)CC[C@H](C[C@]12C[C@H](CC=C(C)C)C(C)(C)[C@](CC=C(C)C)(C(=O)C(C(=O)c3ccc(OC)c(O)c3)=C1OC)C2=O)C(=C)C. The fourth-order valence-corrected chi connectivity index (χ4v) is 7.64. The minimum atomic E-state index is -1.52. The van der Waals surface area contributed by atoms with Gasteiger partial charge in [0.25, 0.3) is 0 Å². The van der Waals surface area contributed by atoms with Crippen LogP contribution in [0.5, 0.6) is 11.5 Å². The standard InChI is InChI=1S/C40H54O6/c1-24(2)13-15-29(27(7)8)22-39-23-30(17-14-25(3)4)38(9,10)40(37(39)44,20-19-26(5)6)35(43)33(36(39)46-12)34(42)28-16-18-32(45-11)31(41)21-28/h14,16,18-19,21,29-30,41H,1,7,13,15,17,20,22-23H2,2-6,8-12H3/t29-,30+,39+,40-/m1/s1. The predicted octanol–water partition coefficient (Wildman–Crippen LogP) is 9.31. The lowest BCUT2D eigenvalue weighted by molar-refractivity contribution is -0.173. The molecule has 3 rings (SSSR count). The first-order valence-corrected chi connectivity index (χ1v) is 16.3. The molecule has 0 aliphatic heterocycles. The maximum atomic E-state index is 15.5. The molecule has 6 heteroatoms. The number of fused-ring (bicyclic) bond motifs is 2. The molecule has 0 amide bonds. The van der Waals surface area contributed by atoms with Gasteiger partial charge in [0.1, 0.15) is 16.7 Å². The van der Waals surface area contributed by atoms with Gasteiger partial charge in [-0.2, -0.15) is 0 Å². The van der Waals surface area contributed by atoms with Crippen molar-refractivity contribution in [3.8, 4) is 11.5 Å². The number of methoxy groups -OCH3 is 2. The van der Waals surface area contributed by atoms with E-state index in [0.717, 1.165) is 35.1 Å². The van der Waals surface area contributed by atoms with Crippen LogP contribution < -0.4 is 4.74 Å². The molecule has 2 bridgehead atoms. The van der Waals surface area contributed by atoms with Crippen LogP contribution >= 0.6 is 0 Å². The lowest BCUT2D eigenvalue weighted by Gasteiger charge is -2.61. The summed E-state index contributed by atoms with van der Waals surface area (Å²) >= 11 is 0. The lowest BCUT2D eigenvalue weighted by atomic mass is 9.39. The molecule has 1 aromatic carbocycles. The summed E-state index contributed by atoms with van der Waals surface area (Å²) < 4.78 is 11.3. The van der Waals surface area contributed by atoms with Crippen LogP contribution in [0, 0.1) is 28.1 Å². The summed E-state index contributed by atoms with van der Waals surface area (Å²) in [6, 6.07) is 4.34. The number of carbonyl (C=O) groups excluding carboxylic acids is 3. The average molecular weight is 631 g/mol. The third-order valence-corrected chi connectivity index (χ3v) is 10.5. The maximum absolute atomic E-state index is 15.5. The number of rotatable bonds is 14. The molecule has 0 unspecified atom stereocenters. The lowest BCUT2D eigenvalue weighted by Crippen LogP contribution is -2.67. The van der Waals surface area contributed by atoms with Crippen LogP contribution in [0.1, 0.15) is 104 Å². The number of aromatic hydroxyl groups is 1. The molecule has 6 nitrogen and oxygen atoms in total. The van der Waals surface area contributed by atoms with Gasteiger partial charge in [-0.3, -0.25) is 14.4 Å². The summed E-state index contributed by atoms with van der Waals surface area (Å²) in [7, 11) is 2.88. The van der Waals surface area contributed by atoms with E-state index >= 15 is 9.59 Å². The van der Waals surface area contributed by atoms with Crippen molar-refractivity contribution in [3.63, 3.8) is 0 Å². The molecule has 4 atom stereocenters. The fraction of sp³-hybridized carbons (Fsp3) is 0.525. The normalized spacial score (nSPS) is 24.2. The minimum absolute atomic E-state index is 0.0617. The topological polar surface area (TPSA) is 89.9 Å².